The van der Waals surface area contributed by atoms with Crippen LogP contribution >= 0.6 is 0 Å². The van der Waals surface area contributed by atoms with Crippen LogP contribution < -0.4 is 0 Å². The van der Waals surface area contributed by atoms with E-state index in [9.17, 15) is 4.79 Å². The second-order valence-corrected chi connectivity index (χ2v) is 5.29. The monoisotopic (exact) mass is 250 g/mol. The Balaban J connectivity index is 1.77. The predicted molar refractivity (Wildman–Crippen MR) is 70.0 cm³/mol. The normalized spacial score (nSPS) is 17.9. The summed E-state index contributed by atoms with van der Waals surface area (Å²) in [5.74, 6) is 1.80. The van der Waals surface area contributed by atoms with Gasteiger partial charge in [0.15, 0.2) is 0 Å². The Morgan fingerprint density at radius 3 is 2.83 bits per heavy atom. The second-order valence-electron chi connectivity index (χ2n) is 5.29. The van der Waals surface area contributed by atoms with Crippen molar-refractivity contribution in [3.63, 3.8) is 0 Å². The van der Waals surface area contributed by atoms with Crippen LogP contribution in [0.2, 0.25) is 0 Å². The lowest BCUT2D eigenvalue weighted by Gasteiger charge is -2.30. The van der Waals surface area contributed by atoms with Crippen LogP contribution in [0.25, 0.3) is 0 Å². The van der Waals surface area contributed by atoms with E-state index in [0.717, 1.165) is 24.8 Å². The molecule has 0 aliphatic carbocycles. The summed E-state index contributed by atoms with van der Waals surface area (Å²) < 4.78 is 5.25. The number of hydrogen-bond donors (Lipinski definition) is 0. The van der Waals surface area contributed by atoms with E-state index in [1.54, 1.807) is 11.2 Å². The molecule has 1 amide bonds. The van der Waals surface area contributed by atoms with E-state index < -0.39 is 0 Å². The highest BCUT2D eigenvalue weighted by Gasteiger charge is 2.19. The van der Waals surface area contributed by atoms with Gasteiger partial charge in [0.2, 0.25) is 5.91 Å². The Bertz CT molecular complexity index is 367. The fourth-order valence-electron chi connectivity index (χ4n) is 2.26. The minimum absolute atomic E-state index is 0.168. The summed E-state index contributed by atoms with van der Waals surface area (Å²) in [7, 11) is 1.83. The Morgan fingerprint density at radius 2 is 2.22 bits per heavy atom. The molecule has 2 heterocycles. The third kappa shape index (κ3) is 3.60. The Hall–Kier alpha value is -1.29. The molecular weight excluding hydrogens is 228 g/mol. The first-order valence-corrected chi connectivity index (χ1v) is 6.64. The van der Waals surface area contributed by atoms with Gasteiger partial charge in [-0.1, -0.05) is 6.92 Å². The smallest absolute Gasteiger partial charge is 0.236 e. The summed E-state index contributed by atoms with van der Waals surface area (Å²) in [6, 6.07) is 3.74. The van der Waals surface area contributed by atoms with Gasteiger partial charge in [0, 0.05) is 7.05 Å². The molecule has 0 radical (unpaired) electrons. The molecule has 1 saturated heterocycles. The van der Waals surface area contributed by atoms with Crippen molar-refractivity contribution in [2.45, 2.75) is 26.3 Å². The van der Waals surface area contributed by atoms with Crippen molar-refractivity contribution in [3.05, 3.63) is 24.2 Å². The van der Waals surface area contributed by atoms with Gasteiger partial charge in [-0.3, -0.25) is 9.69 Å². The summed E-state index contributed by atoms with van der Waals surface area (Å²) >= 11 is 0. The minimum atomic E-state index is 0.168. The second kappa shape index (κ2) is 6.05. The van der Waals surface area contributed by atoms with Crippen molar-refractivity contribution >= 4 is 5.91 Å². The van der Waals surface area contributed by atoms with Crippen molar-refractivity contribution in [1.82, 2.24) is 9.80 Å². The van der Waals surface area contributed by atoms with E-state index in [1.807, 2.05) is 19.2 Å². The van der Waals surface area contributed by atoms with Crippen LogP contribution in [0.3, 0.4) is 0 Å². The molecule has 4 nitrogen and oxygen atoms in total. The van der Waals surface area contributed by atoms with Crippen LogP contribution in [-0.2, 0) is 11.3 Å². The molecule has 2 rings (SSSR count). The lowest BCUT2D eigenvalue weighted by atomic mass is 9.99. The van der Waals surface area contributed by atoms with Gasteiger partial charge in [-0.2, -0.15) is 0 Å². The quantitative estimate of drug-likeness (QED) is 0.819. The van der Waals surface area contributed by atoms with Gasteiger partial charge >= 0.3 is 0 Å². The van der Waals surface area contributed by atoms with E-state index in [1.165, 1.54) is 12.8 Å². The molecular formula is C14H22N2O2. The van der Waals surface area contributed by atoms with E-state index >= 15 is 0 Å². The summed E-state index contributed by atoms with van der Waals surface area (Å²) in [5, 5.41) is 0. The topological polar surface area (TPSA) is 36.7 Å². The zero-order valence-corrected chi connectivity index (χ0v) is 11.3. The lowest BCUT2D eigenvalue weighted by molar-refractivity contribution is -0.132. The molecule has 4 heteroatoms. The molecule has 18 heavy (non-hydrogen) atoms. The molecule has 0 aromatic carbocycles. The number of hydrogen-bond acceptors (Lipinski definition) is 3. The first-order valence-electron chi connectivity index (χ1n) is 6.64. The van der Waals surface area contributed by atoms with Gasteiger partial charge < -0.3 is 9.32 Å². The number of furan rings is 1. The van der Waals surface area contributed by atoms with Crippen LogP contribution in [-0.4, -0.2) is 42.4 Å². The molecule has 1 aliphatic rings. The fourth-order valence-corrected chi connectivity index (χ4v) is 2.26. The molecule has 1 aliphatic heterocycles. The molecule has 0 atom stereocenters. The lowest BCUT2D eigenvalue weighted by Crippen LogP contribution is -2.41. The van der Waals surface area contributed by atoms with E-state index in [4.69, 9.17) is 4.42 Å². The standard InChI is InChI=1S/C14H22N2O2/c1-12-5-7-16(8-6-12)11-14(17)15(2)10-13-4-3-9-18-13/h3-4,9,12H,5-8,10-11H2,1-2H3. The zero-order chi connectivity index (χ0) is 13.0. The SMILES string of the molecule is CC1CCN(CC(=O)N(C)Cc2ccco2)CC1. The van der Waals surface area contributed by atoms with Gasteiger partial charge in [0.25, 0.3) is 0 Å². The predicted octanol–water partition coefficient (Wildman–Crippen LogP) is 1.97. The largest absolute Gasteiger partial charge is 0.467 e. The molecule has 100 valence electrons. The third-order valence-corrected chi connectivity index (χ3v) is 3.63. The van der Waals surface area contributed by atoms with Crippen LogP contribution in [0.5, 0.6) is 0 Å². The Morgan fingerprint density at radius 1 is 1.50 bits per heavy atom. The van der Waals surface area contributed by atoms with Crippen LogP contribution in [0.1, 0.15) is 25.5 Å². The van der Waals surface area contributed by atoms with Crippen LogP contribution in [0.4, 0.5) is 0 Å². The molecule has 0 bridgehead atoms. The van der Waals surface area contributed by atoms with E-state index in [2.05, 4.69) is 11.8 Å². The highest BCUT2D eigenvalue weighted by atomic mass is 16.3. The molecule has 0 N–H and O–H groups in total. The van der Waals surface area contributed by atoms with Crippen molar-refractivity contribution in [2.24, 2.45) is 5.92 Å². The summed E-state index contributed by atoms with van der Waals surface area (Å²) in [6.07, 6.45) is 4.05. The number of rotatable bonds is 4. The number of likely N-dealkylation sites (tertiary alicyclic amines) is 1. The number of carbonyl (C=O) groups is 1. The molecule has 0 saturated carbocycles. The van der Waals surface area contributed by atoms with Crippen LogP contribution in [0, 0.1) is 5.92 Å². The van der Waals surface area contributed by atoms with Gasteiger partial charge in [0.05, 0.1) is 19.4 Å². The number of piperidine rings is 1. The minimum Gasteiger partial charge on any atom is -0.467 e. The zero-order valence-electron chi connectivity index (χ0n) is 11.3. The summed E-state index contributed by atoms with van der Waals surface area (Å²) in [6.45, 7) is 5.45. The number of nitrogens with zero attached hydrogens (tertiary/aromatic N) is 2. The van der Waals surface area contributed by atoms with Gasteiger partial charge in [-0.25, -0.2) is 0 Å². The van der Waals surface area contributed by atoms with Crippen molar-refractivity contribution in [3.8, 4) is 0 Å². The average Bonchev–Trinajstić information content (AvgIpc) is 2.85. The fraction of sp³-hybridized carbons (Fsp3) is 0.643. The van der Waals surface area contributed by atoms with Gasteiger partial charge in [-0.05, 0) is 44.0 Å². The van der Waals surface area contributed by atoms with E-state index in [-0.39, 0.29) is 5.91 Å². The highest BCUT2D eigenvalue weighted by molar-refractivity contribution is 5.77. The number of amides is 1. The summed E-state index contributed by atoms with van der Waals surface area (Å²) in [4.78, 5) is 16.0. The molecule has 1 aromatic rings. The first kappa shape index (κ1) is 13.1. The van der Waals surface area contributed by atoms with Gasteiger partial charge in [-0.15, -0.1) is 0 Å². The Kier molecular flexibility index (Phi) is 4.42. The maximum Gasteiger partial charge on any atom is 0.236 e. The van der Waals surface area contributed by atoms with Gasteiger partial charge in [0.1, 0.15) is 5.76 Å². The van der Waals surface area contributed by atoms with Crippen LogP contribution in [0.15, 0.2) is 22.8 Å². The number of likely N-dealkylation sites (N-methyl/N-ethyl adjacent to an activating group) is 1. The number of carbonyl (C=O) groups excluding carboxylic acids is 1. The van der Waals surface area contributed by atoms with Crippen molar-refractivity contribution in [1.29, 1.82) is 0 Å². The molecule has 1 fully saturated rings. The third-order valence-electron chi connectivity index (χ3n) is 3.63. The van der Waals surface area contributed by atoms with Crippen molar-refractivity contribution in [2.75, 3.05) is 26.7 Å². The first-order chi connectivity index (χ1) is 8.65. The summed E-state index contributed by atoms with van der Waals surface area (Å²) in [5.41, 5.74) is 0. The Labute approximate surface area is 109 Å². The highest BCUT2D eigenvalue weighted by Crippen LogP contribution is 2.15. The molecule has 0 unspecified atom stereocenters. The maximum atomic E-state index is 12.1. The average molecular weight is 250 g/mol. The molecule has 0 spiro atoms. The molecule has 1 aromatic heterocycles. The van der Waals surface area contributed by atoms with Crippen molar-refractivity contribution < 1.29 is 9.21 Å². The van der Waals surface area contributed by atoms with E-state index in [0.29, 0.717) is 13.1 Å². The maximum absolute atomic E-state index is 12.1.